The second-order valence-corrected chi connectivity index (χ2v) is 10.3. The van der Waals surface area contributed by atoms with Crippen LogP contribution in [0.3, 0.4) is 0 Å². The number of amides is 3. The molecule has 0 atom stereocenters. The molecule has 0 radical (unpaired) electrons. The highest BCUT2D eigenvalue weighted by Crippen LogP contribution is 2.28. The zero-order valence-electron chi connectivity index (χ0n) is 22.2. The number of rotatable bonds is 7. The number of carbonyl (C=O) groups is 2. The molecule has 2 aromatic carbocycles. The lowest BCUT2D eigenvalue weighted by atomic mass is 9.92. The average molecular weight is 518 g/mol. The minimum Gasteiger partial charge on any atom is -0.467 e. The van der Waals surface area contributed by atoms with Crippen LogP contribution >= 0.6 is 0 Å². The topological polar surface area (TPSA) is 92.4 Å². The lowest BCUT2D eigenvalue weighted by Crippen LogP contribution is -2.40. The molecule has 0 aliphatic carbocycles. The fourth-order valence-electron chi connectivity index (χ4n) is 3.98. The Bertz CT molecular complexity index is 1440. The van der Waals surface area contributed by atoms with Crippen LogP contribution in [0.25, 0.3) is 5.69 Å². The first-order valence-electron chi connectivity index (χ1n) is 12.3. The third kappa shape index (κ3) is 6.47. The van der Waals surface area contributed by atoms with E-state index in [2.05, 4.69) is 37.5 Å². The summed E-state index contributed by atoms with van der Waals surface area (Å²) in [6, 6.07) is 16.3. The third-order valence-electron chi connectivity index (χ3n) is 5.95. The van der Waals surface area contributed by atoms with E-state index in [0.717, 1.165) is 22.5 Å². The van der Waals surface area contributed by atoms with E-state index in [4.69, 9.17) is 9.52 Å². The molecule has 38 heavy (non-hydrogen) atoms. The number of benzene rings is 2. The Balaban J connectivity index is 1.59. The number of halogens is 1. The number of carbonyl (C=O) groups excluding carboxylic acids is 2. The predicted octanol–water partition coefficient (Wildman–Crippen LogP) is 6.19. The van der Waals surface area contributed by atoms with Gasteiger partial charge in [-0.3, -0.25) is 4.79 Å². The molecule has 198 valence electrons. The van der Waals surface area contributed by atoms with Crippen molar-refractivity contribution in [2.45, 2.75) is 46.6 Å². The molecule has 8 nitrogen and oxygen atoms in total. The maximum Gasteiger partial charge on any atom is 0.322 e. The van der Waals surface area contributed by atoms with Crippen LogP contribution in [0.5, 0.6) is 0 Å². The maximum absolute atomic E-state index is 13.6. The smallest absolute Gasteiger partial charge is 0.322 e. The number of hydrogen-bond donors (Lipinski definition) is 2. The SMILES string of the molecule is Cc1ccc(-n2nc(C(C)(C)C)cc2NC(=O)CN(Cc2ccco2)C(=O)Nc2cccc(F)c2)c(C)c1. The minimum atomic E-state index is -0.569. The van der Waals surface area contributed by atoms with Gasteiger partial charge in [0.1, 0.15) is 23.9 Å². The van der Waals surface area contributed by atoms with Gasteiger partial charge in [0.25, 0.3) is 0 Å². The van der Waals surface area contributed by atoms with Gasteiger partial charge in [-0.25, -0.2) is 13.9 Å². The van der Waals surface area contributed by atoms with Gasteiger partial charge >= 0.3 is 6.03 Å². The van der Waals surface area contributed by atoms with Gasteiger partial charge in [0.2, 0.25) is 5.91 Å². The maximum atomic E-state index is 13.6. The van der Waals surface area contributed by atoms with Gasteiger partial charge in [-0.1, -0.05) is 44.5 Å². The largest absolute Gasteiger partial charge is 0.467 e. The Labute approximate surface area is 221 Å². The summed E-state index contributed by atoms with van der Waals surface area (Å²) < 4.78 is 20.8. The lowest BCUT2D eigenvalue weighted by Gasteiger charge is -2.22. The molecule has 0 saturated heterocycles. The summed E-state index contributed by atoms with van der Waals surface area (Å²) >= 11 is 0. The van der Waals surface area contributed by atoms with Crippen LogP contribution in [0.1, 0.15) is 43.4 Å². The molecule has 0 fully saturated rings. The summed E-state index contributed by atoms with van der Waals surface area (Å²) in [6.07, 6.45) is 1.49. The molecule has 4 aromatic rings. The highest BCUT2D eigenvalue weighted by Gasteiger charge is 2.24. The van der Waals surface area contributed by atoms with Crippen LogP contribution in [-0.4, -0.2) is 33.2 Å². The highest BCUT2D eigenvalue weighted by atomic mass is 19.1. The second-order valence-electron chi connectivity index (χ2n) is 10.3. The first-order chi connectivity index (χ1) is 18.0. The summed E-state index contributed by atoms with van der Waals surface area (Å²) in [6.45, 7) is 9.94. The molecule has 0 saturated carbocycles. The molecule has 2 aromatic heterocycles. The van der Waals surface area contributed by atoms with E-state index in [0.29, 0.717) is 11.6 Å². The molecule has 4 rings (SSSR count). The fraction of sp³-hybridized carbons (Fsp3) is 0.276. The molecule has 0 spiro atoms. The molecule has 0 aliphatic rings. The van der Waals surface area contributed by atoms with Crippen molar-refractivity contribution >= 4 is 23.4 Å². The molecular weight excluding hydrogens is 485 g/mol. The standard InChI is InChI=1S/C29H32FN5O3/c1-19-11-12-24(20(2)14-19)35-26(16-25(33-35)29(3,4)5)32-27(36)18-34(17-23-10-7-13-38-23)28(37)31-22-9-6-8-21(30)15-22/h6-16H,17-18H2,1-5H3,(H,31,37)(H,32,36). The van der Waals surface area contributed by atoms with Crippen molar-refractivity contribution in [2.24, 2.45) is 0 Å². The van der Waals surface area contributed by atoms with E-state index in [1.807, 2.05) is 32.0 Å². The van der Waals surface area contributed by atoms with Gasteiger partial charge in [0, 0.05) is 17.2 Å². The number of nitrogens with zero attached hydrogens (tertiary/aromatic N) is 3. The number of nitrogens with one attached hydrogen (secondary N) is 2. The summed E-state index contributed by atoms with van der Waals surface area (Å²) in [7, 11) is 0. The number of aromatic nitrogens is 2. The van der Waals surface area contributed by atoms with Crippen molar-refractivity contribution < 1.29 is 18.4 Å². The van der Waals surface area contributed by atoms with Crippen molar-refractivity contribution in [3.05, 3.63) is 95.3 Å². The zero-order valence-corrected chi connectivity index (χ0v) is 22.2. The van der Waals surface area contributed by atoms with Crippen molar-refractivity contribution in [3.63, 3.8) is 0 Å². The number of furan rings is 1. The van der Waals surface area contributed by atoms with Gasteiger partial charge in [-0.15, -0.1) is 0 Å². The monoisotopic (exact) mass is 517 g/mol. The number of urea groups is 1. The van der Waals surface area contributed by atoms with Gasteiger partial charge < -0.3 is 20.0 Å². The average Bonchev–Trinajstić information content (AvgIpc) is 3.49. The van der Waals surface area contributed by atoms with Crippen molar-refractivity contribution in [3.8, 4) is 5.69 Å². The van der Waals surface area contributed by atoms with Crippen LogP contribution in [0.4, 0.5) is 20.7 Å². The Morgan fingerprint density at radius 2 is 1.82 bits per heavy atom. The lowest BCUT2D eigenvalue weighted by molar-refractivity contribution is -0.116. The Hall–Kier alpha value is -4.40. The van der Waals surface area contributed by atoms with E-state index >= 15 is 0 Å². The summed E-state index contributed by atoms with van der Waals surface area (Å²) in [5.41, 5.74) is 3.82. The quantitative estimate of drug-likeness (QED) is 0.306. The van der Waals surface area contributed by atoms with E-state index < -0.39 is 17.8 Å². The zero-order chi connectivity index (χ0) is 27.4. The van der Waals surface area contributed by atoms with Crippen LogP contribution < -0.4 is 10.6 Å². The van der Waals surface area contributed by atoms with Crippen molar-refractivity contribution in [1.29, 1.82) is 0 Å². The number of anilines is 2. The van der Waals surface area contributed by atoms with Crippen molar-refractivity contribution in [1.82, 2.24) is 14.7 Å². The normalized spacial score (nSPS) is 11.3. The Morgan fingerprint density at radius 1 is 1.03 bits per heavy atom. The van der Waals surface area contributed by atoms with Gasteiger partial charge in [-0.05, 0) is 55.8 Å². The Morgan fingerprint density at radius 3 is 2.47 bits per heavy atom. The summed E-state index contributed by atoms with van der Waals surface area (Å²) in [5.74, 6) is 0.0997. The predicted molar refractivity (Wildman–Crippen MR) is 145 cm³/mol. The number of aryl methyl sites for hydroxylation is 2. The molecular formula is C29H32FN5O3. The minimum absolute atomic E-state index is 0.0468. The van der Waals surface area contributed by atoms with Crippen LogP contribution in [0.15, 0.2) is 71.3 Å². The summed E-state index contributed by atoms with van der Waals surface area (Å²) in [5, 5.41) is 10.4. The second kappa shape index (κ2) is 10.9. The van der Waals surface area contributed by atoms with Gasteiger partial charge in [0.05, 0.1) is 24.2 Å². The van der Waals surface area contributed by atoms with E-state index in [-0.39, 0.29) is 24.2 Å². The summed E-state index contributed by atoms with van der Waals surface area (Å²) in [4.78, 5) is 27.7. The molecule has 2 heterocycles. The molecule has 0 unspecified atom stereocenters. The van der Waals surface area contributed by atoms with Gasteiger partial charge in [-0.2, -0.15) is 5.10 Å². The van der Waals surface area contributed by atoms with E-state index in [1.165, 1.54) is 29.4 Å². The van der Waals surface area contributed by atoms with Crippen LogP contribution in [-0.2, 0) is 16.8 Å². The first kappa shape index (κ1) is 26.7. The first-order valence-corrected chi connectivity index (χ1v) is 12.3. The van der Waals surface area contributed by atoms with E-state index in [1.54, 1.807) is 22.9 Å². The molecule has 9 heteroatoms. The van der Waals surface area contributed by atoms with Gasteiger partial charge in [0.15, 0.2) is 0 Å². The highest BCUT2D eigenvalue weighted by molar-refractivity contribution is 5.96. The molecule has 2 N–H and O–H groups in total. The Kier molecular flexibility index (Phi) is 7.66. The van der Waals surface area contributed by atoms with Crippen LogP contribution in [0, 0.1) is 19.7 Å². The fourth-order valence-corrected chi connectivity index (χ4v) is 3.98. The van der Waals surface area contributed by atoms with Crippen LogP contribution in [0.2, 0.25) is 0 Å². The number of hydrogen-bond acceptors (Lipinski definition) is 4. The third-order valence-corrected chi connectivity index (χ3v) is 5.95. The molecule has 0 bridgehead atoms. The molecule has 0 aliphatic heterocycles. The van der Waals surface area contributed by atoms with Crippen molar-refractivity contribution in [2.75, 3.05) is 17.2 Å². The van der Waals surface area contributed by atoms with E-state index in [9.17, 15) is 14.0 Å². The molecule has 3 amide bonds.